The molecule has 0 bridgehead atoms. The summed E-state index contributed by atoms with van der Waals surface area (Å²) in [4.78, 5) is 16.3. The normalized spacial score (nSPS) is 15.5. The molecule has 3 N–H and O–H groups in total. The Morgan fingerprint density at radius 2 is 2.04 bits per heavy atom. The topological polar surface area (TPSA) is 65.5 Å². The van der Waals surface area contributed by atoms with Gasteiger partial charge in [0.1, 0.15) is 0 Å². The molecule has 6 heteroatoms. The SMILES string of the molecule is C#Cc1cccc(NC(=O)CNC(=NC)NCC2(CC)CCCC2)c1.I. The number of anilines is 1. The highest BCUT2D eigenvalue weighted by atomic mass is 127. The van der Waals surface area contributed by atoms with Crippen molar-refractivity contribution in [2.45, 2.75) is 39.0 Å². The molecule has 2 rings (SSSR count). The van der Waals surface area contributed by atoms with Gasteiger partial charge in [-0.25, -0.2) is 0 Å². The first-order chi connectivity index (χ1) is 12.1. The summed E-state index contributed by atoms with van der Waals surface area (Å²) in [6.07, 6.45) is 11.7. The number of guanidine groups is 1. The highest BCUT2D eigenvalue weighted by Crippen LogP contribution is 2.40. The Balaban J connectivity index is 0.00000338. The summed E-state index contributed by atoms with van der Waals surface area (Å²) in [6.45, 7) is 3.30. The summed E-state index contributed by atoms with van der Waals surface area (Å²) >= 11 is 0. The number of nitrogens with zero attached hydrogens (tertiary/aromatic N) is 1. The maximum absolute atomic E-state index is 12.1. The van der Waals surface area contributed by atoms with Crippen molar-refractivity contribution in [1.82, 2.24) is 10.6 Å². The molecule has 0 aromatic heterocycles. The van der Waals surface area contributed by atoms with Gasteiger partial charge in [-0.05, 0) is 42.9 Å². The van der Waals surface area contributed by atoms with Gasteiger partial charge in [-0.3, -0.25) is 9.79 Å². The van der Waals surface area contributed by atoms with Crippen LogP contribution in [0.15, 0.2) is 29.3 Å². The van der Waals surface area contributed by atoms with E-state index in [1.807, 2.05) is 18.2 Å². The van der Waals surface area contributed by atoms with Crippen LogP contribution in [-0.2, 0) is 4.79 Å². The monoisotopic (exact) mass is 468 g/mol. The average molecular weight is 468 g/mol. The lowest BCUT2D eigenvalue weighted by Gasteiger charge is -2.28. The number of hydrogen-bond donors (Lipinski definition) is 3. The molecule has 1 aromatic rings. The van der Waals surface area contributed by atoms with Crippen molar-refractivity contribution in [1.29, 1.82) is 0 Å². The van der Waals surface area contributed by atoms with Gasteiger partial charge in [0.25, 0.3) is 0 Å². The molecule has 0 spiro atoms. The third-order valence-corrected chi connectivity index (χ3v) is 5.00. The molecule has 26 heavy (non-hydrogen) atoms. The zero-order valence-corrected chi connectivity index (χ0v) is 17.9. The standard InChI is InChI=1S/C20H28N4O.HI/c1-4-16-9-8-10-17(13-16)24-18(25)14-22-19(21-3)23-15-20(5-2)11-6-7-12-20;/h1,8-10,13H,5-7,11-12,14-15H2,2-3H3,(H,24,25)(H2,21,22,23);1H. The van der Waals surface area contributed by atoms with Crippen molar-refractivity contribution in [2.75, 3.05) is 25.5 Å². The molecule has 1 amide bonds. The van der Waals surface area contributed by atoms with Gasteiger partial charge < -0.3 is 16.0 Å². The first-order valence-electron chi connectivity index (χ1n) is 8.92. The van der Waals surface area contributed by atoms with Crippen molar-refractivity contribution >= 4 is 41.5 Å². The summed E-state index contributed by atoms with van der Waals surface area (Å²) in [6, 6.07) is 7.24. The first-order valence-corrected chi connectivity index (χ1v) is 8.92. The van der Waals surface area contributed by atoms with E-state index in [-0.39, 0.29) is 36.4 Å². The van der Waals surface area contributed by atoms with Crippen LogP contribution in [0.5, 0.6) is 0 Å². The predicted molar refractivity (Wildman–Crippen MR) is 119 cm³/mol. The van der Waals surface area contributed by atoms with Crippen molar-refractivity contribution in [3.63, 3.8) is 0 Å². The van der Waals surface area contributed by atoms with E-state index in [0.29, 0.717) is 17.1 Å². The van der Waals surface area contributed by atoms with Gasteiger partial charge in [0.2, 0.25) is 5.91 Å². The third-order valence-electron chi connectivity index (χ3n) is 5.00. The van der Waals surface area contributed by atoms with Crippen molar-refractivity contribution < 1.29 is 4.79 Å². The summed E-state index contributed by atoms with van der Waals surface area (Å²) in [5, 5.41) is 9.27. The van der Waals surface area contributed by atoms with E-state index in [0.717, 1.165) is 12.1 Å². The molecule has 142 valence electrons. The van der Waals surface area contributed by atoms with Gasteiger partial charge in [0.05, 0.1) is 6.54 Å². The van der Waals surface area contributed by atoms with E-state index in [4.69, 9.17) is 6.42 Å². The molecule has 0 aliphatic heterocycles. The number of carbonyl (C=O) groups excluding carboxylic acids is 1. The van der Waals surface area contributed by atoms with Crippen LogP contribution >= 0.6 is 24.0 Å². The zero-order chi connectivity index (χ0) is 18.1. The fraction of sp³-hybridized carbons (Fsp3) is 0.500. The number of carbonyl (C=O) groups is 1. The van der Waals surface area contributed by atoms with Crippen LogP contribution < -0.4 is 16.0 Å². The van der Waals surface area contributed by atoms with Gasteiger partial charge in [-0.15, -0.1) is 30.4 Å². The third kappa shape index (κ3) is 6.52. The molecular weight excluding hydrogens is 439 g/mol. The average Bonchev–Trinajstić information content (AvgIpc) is 3.11. The van der Waals surface area contributed by atoms with Crippen molar-refractivity contribution in [3.05, 3.63) is 29.8 Å². The Labute approximate surface area is 173 Å². The highest BCUT2D eigenvalue weighted by Gasteiger charge is 2.31. The number of amides is 1. The summed E-state index contributed by atoms with van der Waals surface area (Å²) in [5.41, 5.74) is 1.81. The number of benzene rings is 1. The predicted octanol–water partition coefficient (Wildman–Crippen LogP) is 3.36. The first kappa shape index (κ1) is 22.3. The Morgan fingerprint density at radius 3 is 2.65 bits per heavy atom. The van der Waals surface area contributed by atoms with E-state index >= 15 is 0 Å². The van der Waals surface area contributed by atoms with Crippen LogP contribution in [0, 0.1) is 17.8 Å². The van der Waals surface area contributed by atoms with E-state index in [1.54, 1.807) is 13.1 Å². The minimum Gasteiger partial charge on any atom is -0.356 e. The molecule has 1 aromatic carbocycles. The van der Waals surface area contributed by atoms with Gasteiger partial charge in [-0.2, -0.15) is 0 Å². The van der Waals surface area contributed by atoms with Crippen LogP contribution in [0.2, 0.25) is 0 Å². The molecular formula is C20H29IN4O. The van der Waals surface area contributed by atoms with Gasteiger partial charge in [-0.1, -0.05) is 31.8 Å². The second kappa shape index (κ2) is 11.1. The molecule has 1 aliphatic rings. The molecule has 0 radical (unpaired) electrons. The van der Waals surface area contributed by atoms with Gasteiger partial charge >= 0.3 is 0 Å². The molecule has 0 heterocycles. The summed E-state index contributed by atoms with van der Waals surface area (Å²) < 4.78 is 0. The van der Waals surface area contributed by atoms with Crippen molar-refractivity contribution in [3.8, 4) is 12.3 Å². The van der Waals surface area contributed by atoms with Crippen LogP contribution in [-0.4, -0.2) is 32.0 Å². The van der Waals surface area contributed by atoms with E-state index < -0.39 is 0 Å². The van der Waals surface area contributed by atoms with E-state index in [9.17, 15) is 4.79 Å². The number of rotatable bonds is 6. The molecule has 1 saturated carbocycles. The second-order valence-electron chi connectivity index (χ2n) is 6.61. The largest absolute Gasteiger partial charge is 0.356 e. The summed E-state index contributed by atoms with van der Waals surface area (Å²) in [7, 11) is 1.72. The van der Waals surface area contributed by atoms with Gasteiger partial charge in [0.15, 0.2) is 5.96 Å². The molecule has 1 fully saturated rings. The Hall–Kier alpha value is -1.75. The maximum atomic E-state index is 12.1. The number of hydrogen-bond acceptors (Lipinski definition) is 2. The fourth-order valence-corrected chi connectivity index (χ4v) is 3.33. The summed E-state index contributed by atoms with van der Waals surface area (Å²) in [5.74, 6) is 3.08. The molecule has 1 aliphatic carbocycles. The number of halogens is 1. The molecule has 0 atom stereocenters. The molecule has 0 unspecified atom stereocenters. The fourth-order valence-electron chi connectivity index (χ4n) is 3.33. The van der Waals surface area contributed by atoms with Crippen LogP contribution in [0.4, 0.5) is 5.69 Å². The van der Waals surface area contributed by atoms with Crippen LogP contribution in [0.1, 0.15) is 44.6 Å². The minimum absolute atomic E-state index is 0. The van der Waals surface area contributed by atoms with Crippen LogP contribution in [0.25, 0.3) is 0 Å². The smallest absolute Gasteiger partial charge is 0.243 e. The second-order valence-corrected chi connectivity index (χ2v) is 6.61. The lowest BCUT2D eigenvalue weighted by molar-refractivity contribution is -0.115. The number of nitrogens with one attached hydrogen (secondary N) is 3. The van der Waals surface area contributed by atoms with Crippen molar-refractivity contribution in [2.24, 2.45) is 10.4 Å². The Kier molecular flexibility index (Phi) is 9.49. The van der Waals surface area contributed by atoms with Gasteiger partial charge in [0, 0.05) is 24.8 Å². The zero-order valence-electron chi connectivity index (χ0n) is 15.6. The molecule has 0 saturated heterocycles. The quantitative estimate of drug-likeness (QED) is 0.260. The lowest BCUT2D eigenvalue weighted by atomic mass is 9.83. The van der Waals surface area contributed by atoms with Crippen LogP contribution in [0.3, 0.4) is 0 Å². The maximum Gasteiger partial charge on any atom is 0.243 e. The van der Waals surface area contributed by atoms with E-state index in [1.165, 1.54) is 32.1 Å². The molecule has 5 nitrogen and oxygen atoms in total. The Bertz CT molecular complexity index is 660. The van der Waals surface area contributed by atoms with E-state index in [2.05, 4.69) is 33.8 Å². The lowest BCUT2D eigenvalue weighted by Crippen LogP contribution is -2.45. The Morgan fingerprint density at radius 1 is 1.31 bits per heavy atom. The number of aliphatic imine (C=N–C) groups is 1. The minimum atomic E-state index is -0.136. The highest BCUT2D eigenvalue weighted by molar-refractivity contribution is 14.0. The number of terminal acetylenes is 1.